The number of carbonyl (C=O) groups is 1. The Balaban J connectivity index is 1.59. The first-order chi connectivity index (χ1) is 14.8. The lowest BCUT2D eigenvalue weighted by Crippen LogP contribution is -2.42. The maximum Gasteiger partial charge on any atom is 0.254 e. The predicted octanol–water partition coefficient (Wildman–Crippen LogP) is 3.45. The molecular weight excluding hydrogens is 410 g/mol. The van der Waals surface area contributed by atoms with Crippen molar-refractivity contribution in [3.8, 4) is 0 Å². The minimum Gasteiger partial charge on any atom is -0.373 e. The topological polar surface area (TPSA) is 60.9 Å². The van der Waals surface area contributed by atoms with Gasteiger partial charge < -0.3 is 9.80 Å². The molecule has 1 amide bonds. The molecule has 0 saturated carbocycles. The molecule has 2 aliphatic heterocycles. The van der Waals surface area contributed by atoms with Crippen molar-refractivity contribution in [3.05, 3.63) is 59.7 Å². The SMILES string of the molecule is CC1CC(C)CN(S(=O)(=O)c2cccc(C(=O)N3CCN(C)c4ccccc4C3)c2)C1. The van der Waals surface area contributed by atoms with E-state index in [2.05, 4.69) is 24.8 Å². The Morgan fingerprint density at radius 3 is 2.42 bits per heavy atom. The second kappa shape index (κ2) is 8.63. The molecule has 6 nitrogen and oxygen atoms in total. The molecule has 4 rings (SSSR count). The van der Waals surface area contributed by atoms with Gasteiger partial charge in [0.15, 0.2) is 0 Å². The molecule has 2 heterocycles. The van der Waals surface area contributed by atoms with Crippen LogP contribution in [0.15, 0.2) is 53.4 Å². The van der Waals surface area contributed by atoms with Crippen molar-refractivity contribution in [2.75, 3.05) is 38.1 Å². The fourth-order valence-electron chi connectivity index (χ4n) is 4.79. The maximum absolute atomic E-state index is 13.3. The molecule has 2 aromatic rings. The Morgan fingerprint density at radius 2 is 1.68 bits per heavy atom. The number of para-hydroxylation sites is 1. The third-order valence-corrected chi connectivity index (χ3v) is 8.14. The van der Waals surface area contributed by atoms with Gasteiger partial charge in [-0.2, -0.15) is 4.31 Å². The molecular formula is C24H31N3O3S. The second-order valence-corrected chi connectivity index (χ2v) is 11.0. The van der Waals surface area contributed by atoms with Gasteiger partial charge >= 0.3 is 0 Å². The molecule has 2 unspecified atom stereocenters. The lowest BCUT2D eigenvalue weighted by atomic mass is 9.94. The summed E-state index contributed by atoms with van der Waals surface area (Å²) in [6.07, 6.45) is 1.04. The number of nitrogens with zero attached hydrogens (tertiary/aromatic N) is 3. The summed E-state index contributed by atoms with van der Waals surface area (Å²) in [5.41, 5.74) is 2.64. The lowest BCUT2D eigenvalue weighted by molar-refractivity contribution is 0.0751. The number of likely N-dealkylation sites (N-methyl/N-ethyl adjacent to an activating group) is 1. The fourth-order valence-corrected chi connectivity index (χ4v) is 6.52. The van der Waals surface area contributed by atoms with Gasteiger partial charge in [-0.3, -0.25) is 4.79 Å². The normalized spacial score (nSPS) is 22.7. The quantitative estimate of drug-likeness (QED) is 0.732. The van der Waals surface area contributed by atoms with E-state index >= 15 is 0 Å². The number of hydrogen-bond donors (Lipinski definition) is 0. The number of benzene rings is 2. The Labute approximate surface area is 185 Å². The van der Waals surface area contributed by atoms with E-state index in [0.717, 1.165) is 24.2 Å². The van der Waals surface area contributed by atoms with Crippen molar-refractivity contribution >= 4 is 21.6 Å². The van der Waals surface area contributed by atoms with E-state index in [1.807, 2.05) is 25.2 Å². The molecule has 7 heteroatoms. The molecule has 0 aliphatic carbocycles. The number of amides is 1. The van der Waals surface area contributed by atoms with E-state index < -0.39 is 10.0 Å². The number of anilines is 1. The lowest BCUT2D eigenvalue weighted by Gasteiger charge is -2.34. The summed E-state index contributed by atoms with van der Waals surface area (Å²) in [6, 6.07) is 14.6. The molecule has 1 saturated heterocycles. The van der Waals surface area contributed by atoms with Crippen molar-refractivity contribution in [1.82, 2.24) is 9.21 Å². The molecule has 0 radical (unpaired) electrons. The van der Waals surface area contributed by atoms with Crippen LogP contribution >= 0.6 is 0 Å². The molecule has 2 aromatic carbocycles. The average Bonchev–Trinajstić information content (AvgIpc) is 2.92. The van der Waals surface area contributed by atoms with Crippen LogP contribution in [0.4, 0.5) is 5.69 Å². The van der Waals surface area contributed by atoms with Gasteiger partial charge in [-0.15, -0.1) is 0 Å². The Bertz CT molecular complexity index is 1060. The van der Waals surface area contributed by atoms with E-state index in [9.17, 15) is 13.2 Å². The van der Waals surface area contributed by atoms with Crippen molar-refractivity contribution < 1.29 is 13.2 Å². The Kier molecular flexibility index (Phi) is 6.08. The van der Waals surface area contributed by atoms with Crippen LogP contribution in [-0.2, 0) is 16.6 Å². The predicted molar refractivity (Wildman–Crippen MR) is 123 cm³/mol. The van der Waals surface area contributed by atoms with E-state index in [0.29, 0.717) is 43.6 Å². The van der Waals surface area contributed by atoms with Gasteiger partial charge in [0, 0.05) is 51.0 Å². The molecule has 2 atom stereocenters. The van der Waals surface area contributed by atoms with Crippen LogP contribution in [0.3, 0.4) is 0 Å². The second-order valence-electron chi connectivity index (χ2n) is 9.07. The number of piperidine rings is 1. The first-order valence-electron chi connectivity index (χ1n) is 10.9. The molecule has 31 heavy (non-hydrogen) atoms. The van der Waals surface area contributed by atoms with Crippen LogP contribution in [0.5, 0.6) is 0 Å². The van der Waals surface area contributed by atoms with Crippen LogP contribution in [0.2, 0.25) is 0 Å². The first-order valence-corrected chi connectivity index (χ1v) is 12.4. The van der Waals surface area contributed by atoms with Crippen LogP contribution in [0, 0.1) is 11.8 Å². The van der Waals surface area contributed by atoms with Gasteiger partial charge in [0.1, 0.15) is 0 Å². The molecule has 0 aromatic heterocycles. The van der Waals surface area contributed by atoms with E-state index in [-0.39, 0.29) is 10.8 Å². The van der Waals surface area contributed by atoms with E-state index in [1.54, 1.807) is 33.5 Å². The largest absolute Gasteiger partial charge is 0.373 e. The number of rotatable bonds is 3. The standard InChI is InChI=1S/C24H31N3O3S/c1-18-13-19(2)16-27(15-18)31(29,30)22-9-6-8-20(14-22)24(28)26-12-11-25(3)23-10-5-4-7-21(23)17-26/h4-10,14,18-19H,11-13,15-17H2,1-3H3. The maximum atomic E-state index is 13.3. The molecule has 0 spiro atoms. The van der Waals surface area contributed by atoms with E-state index in [4.69, 9.17) is 0 Å². The summed E-state index contributed by atoms with van der Waals surface area (Å²) >= 11 is 0. The third-order valence-electron chi connectivity index (χ3n) is 6.31. The van der Waals surface area contributed by atoms with Crippen LogP contribution in [0.1, 0.15) is 36.2 Å². The third kappa shape index (κ3) is 4.48. The number of hydrogen-bond acceptors (Lipinski definition) is 4. The minimum absolute atomic E-state index is 0.137. The van der Waals surface area contributed by atoms with Crippen LogP contribution in [0.25, 0.3) is 0 Å². The minimum atomic E-state index is -3.62. The molecule has 2 aliphatic rings. The highest BCUT2D eigenvalue weighted by Gasteiger charge is 2.32. The number of fused-ring (bicyclic) bond motifs is 1. The summed E-state index contributed by atoms with van der Waals surface area (Å²) in [4.78, 5) is 17.5. The van der Waals surface area contributed by atoms with Gasteiger partial charge in [-0.1, -0.05) is 38.1 Å². The van der Waals surface area contributed by atoms with Crippen molar-refractivity contribution in [2.45, 2.75) is 31.7 Å². The molecule has 1 fully saturated rings. The van der Waals surface area contributed by atoms with Gasteiger partial charge in [0.05, 0.1) is 4.90 Å². The summed E-state index contributed by atoms with van der Waals surface area (Å²) < 4.78 is 28.1. The summed E-state index contributed by atoms with van der Waals surface area (Å²) in [6.45, 7) is 7.06. The Hall–Kier alpha value is -2.38. The van der Waals surface area contributed by atoms with Gasteiger partial charge in [0.25, 0.3) is 5.91 Å². The highest BCUT2D eigenvalue weighted by atomic mass is 32.2. The van der Waals surface area contributed by atoms with Gasteiger partial charge in [-0.25, -0.2) is 8.42 Å². The Morgan fingerprint density at radius 1 is 0.968 bits per heavy atom. The summed E-state index contributed by atoms with van der Waals surface area (Å²) in [5.74, 6) is 0.525. The zero-order chi connectivity index (χ0) is 22.2. The first kappa shape index (κ1) is 21.8. The zero-order valence-electron chi connectivity index (χ0n) is 18.5. The van der Waals surface area contributed by atoms with Crippen molar-refractivity contribution in [2.24, 2.45) is 11.8 Å². The molecule has 0 bridgehead atoms. The molecule has 0 N–H and O–H groups in total. The summed E-state index contributed by atoms with van der Waals surface area (Å²) in [7, 11) is -1.60. The van der Waals surface area contributed by atoms with Crippen LogP contribution in [-0.4, -0.2) is 56.8 Å². The van der Waals surface area contributed by atoms with Crippen molar-refractivity contribution in [1.29, 1.82) is 0 Å². The number of sulfonamides is 1. The smallest absolute Gasteiger partial charge is 0.254 e. The van der Waals surface area contributed by atoms with Gasteiger partial charge in [0.2, 0.25) is 10.0 Å². The van der Waals surface area contributed by atoms with Gasteiger partial charge in [-0.05, 0) is 48.1 Å². The highest BCUT2D eigenvalue weighted by Crippen LogP contribution is 2.28. The van der Waals surface area contributed by atoms with Crippen LogP contribution < -0.4 is 4.90 Å². The molecule has 166 valence electrons. The van der Waals surface area contributed by atoms with E-state index in [1.165, 1.54) is 0 Å². The number of carbonyl (C=O) groups excluding carboxylic acids is 1. The summed E-state index contributed by atoms with van der Waals surface area (Å²) in [5, 5.41) is 0. The van der Waals surface area contributed by atoms with Crippen molar-refractivity contribution in [3.63, 3.8) is 0 Å². The highest BCUT2D eigenvalue weighted by molar-refractivity contribution is 7.89. The average molecular weight is 442 g/mol. The monoisotopic (exact) mass is 441 g/mol. The fraction of sp³-hybridized carbons (Fsp3) is 0.458. The zero-order valence-corrected chi connectivity index (χ0v) is 19.3.